The lowest BCUT2D eigenvalue weighted by Crippen LogP contribution is -2.37. The number of aromatic amines is 1. The second-order valence-corrected chi connectivity index (χ2v) is 11.5. The molecule has 9 nitrogen and oxygen atoms in total. The third-order valence-corrected chi connectivity index (χ3v) is 8.34. The summed E-state index contributed by atoms with van der Waals surface area (Å²) in [5.74, 6) is 7.46. The second-order valence-electron chi connectivity index (χ2n) is 11.5. The summed E-state index contributed by atoms with van der Waals surface area (Å²) in [5, 5.41) is 10.1. The second kappa shape index (κ2) is 11.4. The third kappa shape index (κ3) is 5.71. The van der Waals surface area contributed by atoms with Gasteiger partial charge in [-0.25, -0.2) is 9.78 Å². The summed E-state index contributed by atoms with van der Waals surface area (Å²) in [6, 6.07) is 16.2. The number of hydrogen-bond acceptors (Lipinski definition) is 6. The molecule has 3 aromatic rings. The SMILES string of the molecule is CC(C)N1C(=O)N(Cc2nc[nH]c(=O)c2O)CC1c1ccc(C#Cc2ccc(CN3CC4COCC4C3)cc2)cc1. The molecule has 212 valence electrons. The lowest BCUT2D eigenvalue weighted by Gasteiger charge is -2.27. The average Bonchev–Trinajstić information content (AvgIpc) is 3.65. The van der Waals surface area contributed by atoms with Crippen LogP contribution >= 0.6 is 0 Å². The van der Waals surface area contributed by atoms with Crippen LogP contribution in [0.25, 0.3) is 0 Å². The van der Waals surface area contributed by atoms with Gasteiger partial charge in [-0.1, -0.05) is 36.1 Å². The number of carbonyl (C=O) groups excluding carboxylic acids is 1. The molecule has 3 fully saturated rings. The largest absolute Gasteiger partial charge is 0.502 e. The van der Waals surface area contributed by atoms with Crippen LogP contribution in [0.1, 0.15) is 47.8 Å². The molecule has 0 spiro atoms. The molecule has 2 aromatic carbocycles. The number of urea groups is 1. The summed E-state index contributed by atoms with van der Waals surface area (Å²) < 4.78 is 5.59. The molecule has 1 aromatic heterocycles. The molecular formula is C32H35N5O4. The maximum absolute atomic E-state index is 13.2. The van der Waals surface area contributed by atoms with Gasteiger partial charge < -0.3 is 24.6 Å². The predicted molar refractivity (Wildman–Crippen MR) is 154 cm³/mol. The molecule has 2 N–H and O–H groups in total. The van der Waals surface area contributed by atoms with Gasteiger partial charge in [-0.2, -0.15) is 0 Å². The number of nitrogens with zero attached hydrogens (tertiary/aromatic N) is 4. The molecule has 6 rings (SSSR count). The first-order valence-electron chi connectivity index (χ1n) is 14.2. The van der Waals surface area contributed by atoms with E-state index in [2.05, 4.69) is 51.0 Å². The Morgan fingerprint density at radius 2 is 1.59 bits per heavy atom. The van der Waals surface area contributed by atoms with Crippen molar-refractivity contribution in [1.82, 2.24) is 24.7 Å². The lowest BCUT2D eigenvalue weighted by molar-refractivity contribution is 0.153. The van der Waals surface area contributed by atoms with Crippen molar-refractivity contribution in [3.63, 3.8) is 0 Å². The molecule has 3 aliphatic rings. The fraction of sp³-hybridized carbons (Fsp3) is 0.406. The predicted octanol–water partition coefficient (Wildman–Crippen LogP) is 3.34. The zero-order valence-electron chi connectivity index (χ0n) is 23.4. The minimum atomic E-state index is -0.619. The highest BCUT2D eigenvalue weighted by Gasteiger charge is 2.40. The Hall–Kier alpha value is -4.13. The van der Waals surface area contributed by atoms with Crippen LogP contribution in [0.2, 0.25) is 0 Å². The minimum absolute atomic E-state index is 0.0280. The number of aromatic nitrogens is 2. The van der Waals surface area contributed by atoms with Crippen molar-refractivity contribution in [2.24, 2.45) is 11.8 Å². The fourth-order valence-electron chi connectivity index (χ4n) is 6.17. The van der Waals surface area contributed by atoms with Gasteiger partial charge in [0.05, 0.1) is 32.1 Å². The van der Waals surface area contributed by atoms with Gasteiger partial charge in [-0.3, -0.25) is 9.69 Å². The monoisotopic (exact) mass is 553 g/mol. The molecule has 41 heavy (non-hydrogen) atoms. The van der Waals surface area contributed by atoms with E-state index in [-0.39, 0.29) is 30.4 Å². The number of hydrogen-bond donors (Lipinski definition) is 2. The minimum Gasteiger partial charge on any atom is -0.502 e. The van der Waals surface area contributed by atoms with Crippen LogP contribution in [-0.4, -0.2) is 74.7 Å². The number of nitrogens with one attached hydrogen (secondary N) is 1. The normalized spacial score (nSPS) is 22.3. The zero-order valence-corrected chi connectivity index (χ0v) is 23.4. The van der Waals surface area contributed by atoms with Crippen molar-refractivity contribution in [2.45, 2.75) is 39.0 Å². The quantitative estimate of drug-likeness (QED) is 0.454. The summed E-state index contributed by atoms with van der Waals surface area (Å²) in [6.45, 7) is 9.48. The van der Waals surface area contributed by atoms with Crippen LogP contribution in [-0.2, 0) is 17.8 Å². The van der Waals surface area contributed by atoms with Gasteiger partial charge >= 0.3 is 6.03 Å². The Labute approximate surface area is 239 Å². The van der Waals surface area contributed by atoms with Crippen molar-refractivity contribution in [3.05, 3.63) is 93.2 Å². The lowest BCUT2D eigenvalue weighted by atomic mass is 10.0. The molecule has 0 bridgehead atoms. The number of amides is 2. The highest BCUT2D eigenvalue weighted by Crippen LogP contribution is 2.33. The number of likely N-dealkylation sites (tertiary alicyclic amines) is 1. The van der Waals surface area contributed by atoms with Gasteiger partial charge in [0, 0.05) is 55.2 Å². The van der Waals surface area contributed by atoms with Crippen molar-refractivity contribution < 1.29 is 14.6 Å². The smallest absolute Gasteiger partial charge is 0.321 e. The van der Waals surface area contributed by atoms with Crippen LogP contribution < -0.4 is 5.56 Å². The Morgan fingerprint density at radius 1 is 0.951 bits per heavy atom. The van der Waals surface area contributed by atoms with Crippen molar-refractivity contribution in [3.8, 4) is 17.6 Å². The number of benzene rings is 2. The standard InChI is InChI=1S/C32H35N5O4/c1-21(2)37-29(17-36(32(37)40)16-28-30(38)31(39)34-20-33-28)25-11-9-23(10-12-25)4-3-22-5-7-24(8-6-22)13-35-14-26-18-41-19-27(26)15-35/h5-12,20-21,26-27,29,38H,13-19H2,1-2H3,(H,33,34,39). The van der Waals surface area contributed by atoms with Crippen molar-refractivity contribution >= 4 is 6.03 Å². The molecule has 4 heterocycles. The first-order chi connectivity index (χ1) is 19.9. The van der Waals surface area contributed by atoms with Crippen LogP contribution in [0, 0.1) is 23.7 Å². The van der Waals surface area contributed by atoms with E-state index in [9.17, 15) is 14.7 Å². The van der Waals surface area contributed by atoms with E-state index < -0.39 is 11.3 Å². The summed E-state index contributed by atoms with van der Waals surface area (Å²) >= 11 is 0. The summed E-state index contributed by atoms with van der Waals surface area (Å²) in [4.78, 5) is 37.4. The number of carbonyl (C=O) groups is 1. The van der Waals surface area contributed by atoms with Gasteiger partial charge in [-0.15, -0.1) is 0 Å². The number of H-pyrrole nitrogens is 1. The molecule has 2 amide bonds. The summed E-state index contributed by atoms with van der Waals surface area (Å²) in [7, 11) is 0. The molecular weight excluding hydrogens is 518 g/mol. The van der Waals surface area contributed by atoms with E-state index in [0.29, 0.717) is 18.4 Å². The molecule has 3 atom stereocenters. The van der Waals surface area contributed by atoms with Crippen molar-refractivity contribution in [2.75, 3.05) is 32.8 Å². The number of aromatic hydroxyl groups is 1. The van der Waals surface area contributed by atoms with Crippen molar-refractivity contribution in [1.29, 1.82) is 0 Å². The number of rotatable bonds is 6. The van der Waals surface area contributed by atoms with E-state index in [1.54, 1.807) is 4.90 Å². The Morgan fingerprint density at radius 3 is 2.22 bits per heavy atom. The highest BCUT2D eigenvalue weighted by atomic mass is 16.5. The zero-order chi connectivity index (χ0) is 28.5. The summed E-state index contributed by atoms with van der Waals surface area (Å²) in [6.07, 6.45) is 1.23. The van der Waals surface area contributed by atoms with Gasteiger partial charge in [0.25, 0.3) is 5.56 Å². The van der Waals surface area contributed by atoms with Gasteiger partial charge in [0.1, 0.15) is 5.69 Å². The van der Waals surface area contributed by atoms with E-state index >= 15 is 0 Å². The molecule has 0 radical (unpaired) electrons. The van der Waals surface area contributed by atoms with E-state index in [1.807, 2.05) is 43.0 Å². The average molecular weight is 554 g/mol. The maximum atomic E-state index is 13.2. The Bertz CT molecular complexity index is 1510. The number of fused-ring (bicyclic) bond motifs is 1. The van der Waals surface area contributed by atoms with Gasteiger partial charge in [-0.05, 0) is 49.2 Å². The van der Waals surface area contributed by atoms with E-state index in [4.69, 9.17) is 4.74 Å². The topological polar surface area (TPSA) is 102 Å². The first-order valence-corrected chi connectivity index (χ1v) is 14.2. The molecule has 3 unspecified atom stereocenters. The number of ether oxygens (including phenoxy) is 1. The summed E-state index contributed by atoms with van der Waals surface area (Å²) in [5.41, 5.74) is 3.75. The molecule has 3 saturated heterocycles. The van der Waals surface area contributed by atoms with Crippen LogP contribution in [0.3, 0.4) is 0 Å². The maximum Gasteiger partial charge on any atom is 0.321 e. The molecule has 3 aliphatic heterocycles. The Balaban J connectivity index is 1.10. The van der Waals surface area contributed by atoms with Crippen LogP contribution in [0.4, 0.5) is 4.79 Å². The molecule has 0 aliphatic carbocycles. The molecule has 9 heteroatoms. The van der Waals surface area contributed by atoms with Crippen LogP contribution in [0.15, 0.2) is 59.7 Å². The molecule has 0 saturated carbocycles. The van der Waals surface area contributed by atoms with E-state index in [0.717, 1.165) is 49.5 Å². The highest BCUT2D eigenvalue weighted by molar-refractivity contribution is 5.78. The Kier molecular flexibility index (Phi) is 7.52. The third-order valence-electron chi connectivity index (χ3n) is 8.34. The van der Waals surface area contributed by atoms with Gasteiger partial charge in [0.2, 0.25) is 5.75 Å². The van der Waals surface area contributed by atoms with E-state index in [1.165, 1.54) is 11.9 Å². The first kappa shape index (κ1) is 27.1. The fourth-order valence-corrected chi connectivity index (χ4v) is 6.17. The van der Waals surface area contributed by atoms with Crippen LogP contribution in [0.5, 0.6) is 5.75 Å². The van der Waals surface area contributed by atoms with Gasteiger partial charge in [0.15, 0.2) is 0 Å².